The minimum Gasteiger partial charge on any atom is -0.396 e. The van der Waals surface area contributed by atoms with E-state index < -0.39 is 11.4 Å². The van der Waals surface area contributed by atoms with Crippen molar-refractivity contribution in [2.45, 2.75) is 18.9 Å². The van der Waals surface area contributed by atoms with Gasteiger partial charge in [-0.25, -0.2) is 4.39 Å². The second-order valence-electron chi connectivity index (χ2n) is 3.86. The van der Waals surface area contributed by atoms with Gasteiger partial charge in [0, 0.05) is 16.6 Å². The molecule has 1 rings (SSSR count). The van der Waals surface area contributed by atoms with Crippen LogP contribution in [0.5, 0.6) is 0 Å². The summed E-state index contributed by atoms with van der Waals surface area (Å²) < 4.78 is 14.4. The standard InChI is InChI=1S/C12H14BrFN2O/c1-12(8-15,16-5-2-6-17)10-7-9(13)3-4-11(10)14/h3-4,7,16-17H,2,5-6H2,1H3. The second-order valence-corrected chi connectivity index (χ2v) is 4.78. The Labute approximate surface area is 108 Å². The van der Waals surface area contributed by atoms with Crippen molar-refractivity contribution in [2.24, 2.45) is 0 Å². The van der Waals surface area contributed by atoms with Gasteiger partial charge in [0.2, 0.25) is 0 Å². The minimum absolute atomic E-state index is 0.0372. The number of nitrogens with one attached hydrogen (secondary N) is 1. The van der Waals surface area contributed by atoms with E-state index in [0.29, 0.717) is 18.5 Å². The zero-order valence-corrected chi connectivity index (χ0v) is 11.1. The first-order valence-electron chi connectivity index (χ1n) is 5.26. The molecule has 0 aliphatic heterocycles. The van der Waals surface area contributed by atoms with Crippen LogP contribution in [-0.2, 0) is 5.54 Å². The van der Waals surface area contributed by atoms with E-state index in [1.54, 1.807) is 19.1 Å². The first-order valence-corrected chi connectivity index (χ1v) is 6.05. The molecule has 2 N–H and O–H groups in total. The molecule has 92 valence electrons. The summed E-state index contributed by atoms with van der Waals surface area (Å²) in [6.07, 6.45) is 0.521. The van der Waals surface area contributed by atoms with E-state index in [0.717, 1.165) is 4.47 Å². The molecule has 0 bridgehead atoms. The van der Waals surface area contributed by atoms with Crippen LogP contribution in [0.1, 0.15) is 18.9 Å². The maximum absolute atomic E-state index is 13.7. The number of aliphatic hydroxyl groups excluding tert-OH is 1. The summed E-state index contributed by atoms with van der Waals surface area (Å²) in [6, 6.07) is 6.57. The molecule has 0 aliphatic carbocycles. The highest BCUT2D eigenvalue weighted by atomic mass is 79.9. The number of rotatable bonds is 5. The molecule has 5 heteroatoms. The summed E-state index contributed by atoms with van der Waals surface area (Å²) in [4.78, 5) is 0. The van der Waals surface area contributed by atoms with E-state index in [9.17, 15) is 9.65 Å². The van der Waals surface area contributed by atoms with Gasteiger partial charge in [-0.05, 0) is 38.1 Å². The summed E-state index contributed by atoms with van der Waals surface area (Å²) in [5, 5.41) is 20.8. The van der Waals surface area contributed by atoms with E-state index in [-0.39, 0.29) is 6.61 Å². The van der Waals surface area contributed by atoms with Crippen LogP contribution in [0.4, 0.5) is 4.39 Å². The van der Waals surface area contributed by atoms with E-state index in [1.807, 2.05) is 0 Å². The zero-order valence-electron chi connectivity index (χ0n) is 9.50. The highest BCUT2D eigenvalue weighted by Crippen LogP contribution is 2.26. The van der Waals surface area contributed by atoms with Gasteiger partial charge in [-0.2, -0.15) is 5.26 Å². The van der Waals surface area contributed by atoms with Gasteiger partial charge in [-0.3, -0.25) is 5.32 Å². The van der Waals surface area contributed by atoms with Gasteiger partial charge < -0.3 is 5.11 Å². The van der Waals surface area contributed by atoms with Crippen LogP contribution < -0.4 is 5.32 Å². The molecule has 1 atom stereocenters. The van der Waals surface area contributed by atoms with Gasteiger partial charge in [-0.1, -0.05) is 15.9 Å². The molecule has 1 aromatic carbocycles. The van der Waals surface area contributed by atoms with Gasteiger partial charge >= 0.3 is 0 Å². The lowest BCUT2D eigenvalue weighted by atomic mass is 9.93. The number of benzene rings is 1. The number of halogens is 2. The predicted octanol–water partition coefficient (Wildman–Crippen LogP) is 2.30. The lowest BCUT2D eigenvalue weighted by Crippen LogP contribution is -2.39. The van der Waals surface area contributed by atoms with Crippen LogP contribution >= 0.6 is 15.9 Å². The fourth-order valence-electron chi connectivity index (χ4n) is 1.49. The predicted molar refractivity (Wildman–Crippen MR) is 66.8 cm³/mol. The van der Waals surface area contributed by atoms with Crippen LogP contribution in [0.15, 0.2) is 22.7 Å². The van der Waals surface area contributed by atoms with E-state index in [2.05, 4.69) is 27.3 Å². The normalized spacial score (nSPS) is 14.1. The third-order valence-electron chi connectivity index (χ3n) is 2.50. The van der Waals surface area contributed by atoms with Crippen LogP contribution in [-0.4, -0.2) is 18.3 Å². The largest absolute Gasteiger partial charge is 0.396 e. The molecule has 0 aromatic heterocycles. The average molecular weight is 301 g/mol. The number of nitrogens with zero attached hydrogens (tertiary/aromatic N) is 1. The molecule has 0 amide bonds. The molecule has 0 radical (unpaired) electrons. The van der Waals surface area contributed by atoms with E-state index >= 15 is 0 Å². The van der Waals surface area contributed by atoms with Crippen LogP contribution in [0.3, 0.4) is 0 Å². The van der Waals surface area contributed by atoms with Crippen molar-refractivity contribution in [2.75, 3.05) is 13.2 Å². The first kappa shape index (κ1) is 14.1. The topological polar surface area (TPSA) is 56.0 Å². The Morgan fingerprint density at radius 2 is 2.29 bits per heavy atom. The van der Waals surface area contributed by atoms with Crippen LogP contribution in [0.2, 0.25) is 0 Å². The maximum Gasteiger partial charge on any atom is 0.132 e. The van der Waals surface area contributed by atoms with Crippen LogP contribution in [0.25, 0.3) is 0 Å². The summed E-state index contributed by atoms with van der Waals surface area (Å²) in [7, 11) is 0. The van der Waals surface area contributed by atoms with Crippen molar-refractivity contribution in [3.8, 4) is 6.07 Å². The Morgan fingerprint density at radius 1 is 1.59 bits per heavy atom. The van der Waals surface area contributed by atoms with E-state index in [4.69, 9.17) is 5.11 Å². The van der Waals surface area contributed by atoms with Crippen molar-refractivity contribution in [3.63, 3.8) is 0 Å². The molecule has 0 saturated carbocycles. The van der Waals surface area contributed by atoms with Gasteiger partial charge in [0.15, 0.2) is 0 Å². The molecule has 0 spiro atoms. The maximum atomic E-state index is 13.7. The zero-order chi connectivity index (χ0) is 12.9. The van der Waals surface area contributed by atoms with Crippen molar-refractivity contribution < 1.29 is 9.50 Å². The Balaban J connectivity index is 2.99. The molecule has 0 aliphatic rings. The molecule has 17 heavy (non-hydrogen) atoms. The van der Waals surface area contributed by atoms with Gasteiger partial charge in [0.05, 0.1) is 6.07 Å². The third kappa shape index (κ3) is 3.50. The number of hydrogen-bond acceptors (Lipinski definition) is 3. The Morgan fingerprint density at radius 3 is 2.88 bits per heavy atom. The number of aliphatic hydroxyl groups is 1. The third-order valence-corrected chi connectivity index (χ3v) is 3.00. The molecule has 0 saturated heterocycles. The molecule has 0 heterocycles. The Bertz CT molecular complexity index is 433. The second kappa shape index (κ2) is 6.10. The molecule has 3 nitrogen and oxygen atoms in total. The van der Waals surface area contributed by atoms with Gasteiger partial charge in [0.25, 0.3) is 0 Å². The van der Waals surface area contributed by atoms with Gasteiger partial charge in [-0.15, -0.1) is 0 Å². The van der Waals surface area contributed by atoms with Crippen molar-refractivity contribution in [1.29, 1.82) is 5.26 Å². The summed E-state index contributed by atoms with van der Waals surface area (Å²) >= 11 is 3.26. The molecule has 0 fully saturated rings. The average Bonchev–Trinajstić information content (AvgIpc) is 2.32. The van der Waals surface area contributed by atoms with Crippen molar-refractivity contribution in [3.05, 3.63) is 34.1 Å². The smallest absolute Gasteiger partial charge is 0.132 e. The Kier molecular flexibility index (Phi) is 5.06. The van der Waals surface area contributed by atoms with Crippen LogP contribution in [0, 0.1) is 17.1 Å². The summed E-state index contributed by atoms with van der Waals surface area (Å²) in [5.74, 6) is -0.422. The lowest BCUT2D eigenvalue weighted by Gasteiger charge is -2.24. The minimum atomic E-state index is -1.09. The van der Waals surface area contributed by atoms with Gasteiger partial charge in [0.1, 0.15) is 11.4 Å². The van der Waals surface area contributed by atoms with Crippen molar-refractivity contribution >= 4 is 15.9 Å². The highest BCUT2D eigenvalue weighted by Gasteiger charge is 2.28. The number of hydrogen-bond donors (Lipinski definition) is 2. The van der Waals surface area contributed by atoms with Crippen molar-refractivity contribution in [1.82, 2.24) is 5.32 Å². The monoisotopic (exact) mass is 300 g/mol. The number of nitriles is 1. The fourth-order valence-corrected chi connectivity index (χ4v) is 1.85. The quantitative estimate of drug-likeness (QED) is 0.821. The lowest BCUT2D eigenvalue weighted by molar-refractivity contribution is 0.279. The highest BCUT2D eigenvalue weighted by molar-refractivity contribution is 9.10. The molecule has 1 aromatic rings. The fraction of sp³-hybridized carbons (Fsp3) is 0.417. The molecular formula is C12H14BrFN2O. The molecular weight excluding hydrogens is 287 g/mol. The SMILES string of the molecule is CC(C#N)(NCCCO)c1cc(Br)ccc1F. The Hall–Kier alpha value is -0.960. The summed E-state index contributed by atoms with van der Waals surface area (Å²) in [6.45, 7) is 2.11. The van der Waals surface area contributed by atoms with E-state index in [1.165, 1.54) is 6.07 Å². The summed E-state index contributed by atoms with van der Waals surface area (Å²) in [5.41, 5.74) is -0.796. The first-order chi connectivity index (χ1) is 8.03. The molecule has 1 unspecified atom stereocenters.